The normalized spacial score (nSPS) is 11.2. The van der Waals surface area contributed by atoms with Crippen molar-refractivity contribution in [2.75, 3.05) is 6.54 Å². The highest BCUT2D eigenvalue weighted by Gasteiger charge is 2.10. The Hall–Kier alpha value is -4.77. The summed E-state index contributed by atoms with van der Waals surface area (Å²) in [6.45, 7) is 3.31. The Kier molecular flexibility index (Phi) is 7.00. The van der Waals surface area contributed by atoms with Crippen LogP contribution in [0.5, 0.6) is 11.5 Å². The predicted octanol–water partition coefficient (Wildman–Crippen LogP) is 3.06. The molecule has 0 amide bonds. The van der Waals surface area contributed by atoms with Crippen molar-refractivity contribution in [3.05, 3.63) is 110 Å². The summed E-state index contributed by atoms with van der Waals surface area (Å²) in [5.74, 6) is -0.0909. The predicted molar refractivity (Wildman–Crippen MR) is 137 cm³/mol. The summed E-state index contributed by atoms with van der Waals surface area (Å²) >= 11 is 0. The van der Waals surface area contributed by atoms with Gasteiger partial charge in [-0.2, -0.15) is 0 Å². The maximum Gasteiger partial charge on any atom is 0.336 e. The minimum Gasteiger partial charge on any atom is -0.503 e. The van der Waals surface area contributed by atoms with E-state index in [-0.39, 0.29) is 18.2 Å². The van der Waals surface area contributed by atoms with Gasteiger partial charge in [0.1, 0.15) is 29.5 Å². The van der Waals surface area contributed by atoms with Crippen molar-refractivity contribution in [3.63, 3.8) is 0 Å². The molecule has 5 rings (SSSR count). The van der Waals surface area contributed by atoms with Crippen LogP contribution in [0.2, 0.25) is 0 Å². The molecule has 10 nitrogen and oxygen atoms in total. The molecule has 0 aliphatic carbocycles. The Labute approximate surface area is 215 Å². The van der Waals surface area contributed by atoms with Gasteiger partial charge in [0.05, 0.1) is 17.6 Å². The Morgan fingerprint density at radius 3 is 2.74 bits per heavy atom. The largest absolute Gasteiger partial charge is 0.503 e. The number of fused-ring (bicyclic) bond motifs is 1. The lowest BCUT2D eigenvalue weighted by Gasteiger charge is -2.13. The summed E-state index contributed by atoms with van der Waals surface area (Å²) < 4.78 is 27.7. The maximum absolute atomic E-state index is 13.1. The van der Waals surface area contributed by atoms with Crippen LogP contribution in [0, 0.1) is 12.7 Å². The van der Waals surface area contributed by atoms with Crippen LogP contribution >= 0.6 is 0 Å². The average molecular weight is 518 g/mol. The number of pyridine rings is 1. The molecule has 0 saturated carbocycles. The average Bonchev–Trinajstić information content (AvgIpc) is 3.39. The molecule has 0 atom stereocenters. The zero-order chi connectivity index (χ0) is 26.6. The third-order valence-corrected chi connectivity index (χ3v) is 6.08. The first-order chi connectivity index (χ1) is 18.4. The zero-order valence-electron chi connectivity index (χ0n) is 20.4. The summed E-state index contributed by atoms with van der Waals surface area (Å²) in [7, 11) is 0. The molecule has 0 spiro atoms. The Bertz CT molecular complexity index is 1710. The van der Waals surface area contributed by atoms with Gasteiger partial charge in [0.15, 0.2) is 5.75 Å². The number of hydrogen-bond acceptors (Lipinski definition) is 8. The number of nitrogens with zero attached hydrogens (tertiary/aromatic N) is 4. The van der Waals surface area contributed by atoms with Gasteiger partial charge < -0.3 is 24.1 Å². The first kappa shape index (κ1) is 24.9. The molecule has 0 radical (unpaired) electrons. The lowest BCUT2D eigenvalue weighted by atomic mass is 10.1. The van der Waals surface area contributed by atoms with Crippen molar-refractivity contribution >= 4 is 11.0 Å². The molecule has 0 unspecified atom stereocenters. The van der Waals surface area contributed by atoms with Crippen LogP contribution in [0.1, 0.15) is 17.0 Å². The minimum atomic E-state index is -0.477. The van der Waals surface area contributed by atoms with Crippen molar-refractivity contribution in [2.24, 2.45) is 0 Å². The van der Waals surface area contributed by atoms with Crippen molar-refractivity contribution in [3.8, 4) is 17.2 Å². The fraction of sp³-hybridized carbons (Fsp3) is 0.185. The van der Waals surface area contributed by atoms with E-state index in [4.69, 9.17) is 9.15 Å². The first-order valence-corrected chi connectivity index (χ1v) is 11.8. The molecule has 3 aromatic heterocycles. The second-order valence-corrected chi connectivity index (χ2v) is 8.65. The number of halogens is 1. The van der Waals surface area contributed by atoms with Crippen LogP contribution in [0.15, 0.2) is 81.0 Å². The summed E-state index contributed by atoms with van der Waals surface area (Å²) in [4.78, 5) is 23.7. The van der Waals surface area contributed by atoms with E-state index in [1.165, 1.54) is 28.9 Å². The van der Waals surface area contributed by atoms with Crippen molar-refractivity contribution in [1.82, 2.24) is 24.9 Å². The van der Waals surface area contributed by atoms with Gasteiger partial charge in [-0.15, -0.1) is 5.10 Å². The van der Waals surface area contributed by atoms with Crippen molar-refractivity contribution < 1.29 is 18.7 Å². The Morgan fingerprint density at radius 1 is 1.11 bits per heavy atom. The number of aromatic nitrogens is 4. The van der Waals surface area contributed by atoms with Gasteiger partial charge in [0, 0.05) is 49.4 Å². The van der Waals surface area contributed by atoms with E-state index in [0.29, 0.717) is 48.0 Å². The smallest absolute Gasteiger partial charge is 0.336 e. The molecular weight excluding hydrogens is 493 g/mol. The number of benzene rings is 2. The van der Waals surface area contributed by atoms with Crippen LogP contribution < -0.4 is 21.1 Å². The molecule has 2 N–H and O–H groups in total. The van der Waals surface area contributed by atoms with Gasteiger partial charge in [-0.05, 0) is 48.9 Å². The number of aromatic hydroxyl groups is 1. The molecule has 5 aromatic rings. The number of hydrogen-bond donors (Lipinski definition) is 2. The molecule has 0 fully saturated rings. The second-order valence-electron chi connectivity index (χ2n) is 8.65. The topological polar surface area (TPSA) is 124 Å². The van der Waals surface area contributed by atoms with E-state index in [2.05, 4.69) is 15.6 Å². The van der Waals surface area contributed by atoms with Gasteiger partial charge in [0.25, 0.3) is 0 Å². The zero-order valence-corrected chi connectivity index (χ0v) is 20.4. The highest BCUT2D eigenvalue weighted by Crippen LogP contribution is 2.23. The maximum atomic E-state index is 13.1. The Balaban J connectivity index is 1.23. The molecule has 2 aromatic carbocycles. The number of rotatable bonds is 9. The Morgan fingerprint density at radius 2 is 1.92 bits per heavy atom. The van der Waals surface area contributed by atoms with Gasteiger partial charge in [0.2, 0.25) is 5.43 Å². The van der Waals surface area contributed by atoms with E-state index in [0.717, 1.165) is 10.9 Å². The van der Waals surface area contributed by atoms with Crippen LogP contribution in [0.3, 0.4) is 0 Å². The molecule has 194 valence electrons. The van der Waals surface area contributed by atoms with Crippen LogP contribution in [-0.4, -0.2) is 31.2 Å². The molecule has 0 aliphatic heterocycles. The number of nitrogens with one attached hydrogen (secondary N) is 1. The van der Waals surface area contributed by atoms with Crippen molar-refractivity contribution in [2.45, 2.75) is 26.6 Å². The quantitative estimate of drug-likeness (QED) is 0.226. The number of ether oxygens (including phenoxy) is 1. The summed E-state index contributed by atoms with van der Waals surface area (Å²) in [5, 5.41) is 22.0. The molecule has 3 heterocycles. The molecule has 11 heteroatoms. The van der Waals surface area contributed by atoms with Crippen LogP contribution in [0.25, 0.3) is 16.7 Å². The summed E-state index contributed by atoms with van der Waals surface area (Å²) in [6.07, 6.45) is 3.32. The monoisotopic (exact) mass is 517 g/mol. The first-order valence-electron chi connectivity index (χ1n) is 11.8. The third-order valence-electron chi connectivity index (χ3n) is 6.08. The van der Waals surface area contributed by atoms with Gasteiger partial charge >= 0.3 is 5.63 Å². The SMILES string of the molecule is Cc1c(O)c(=O)ccn1CCNCc1cc(=O)oc2cc(OCc3cn(-c4ccc(F)cc4)nn3)ccc12. The molecule has 0 saturated heterocycles. The summed E-state index contributed by atoms with van der Waals surface area (Å²) in [6, 6.07) is 13.9. The fourth-order valence-electron chi connectivity index (χ4n) is 4.02. The second kappa shape index (κ2) is 10.7. The van der Waals surface area contributed by atoms with Gasteiger partial charge in [-0.25, -0.2) is 13.9 Å². The van der Waals surface area contributed by atoms with E-state index in [9.17, 15) is 19.1 Å². The van der Waals surface area contributed by atoms with E-state index in [1.807, 2.05) is 6.07 Å². The lowest BCUT2D eigenvalue weighted by molar-refractivity contribution is 0.301. The molecule has 38 heavy (non-hydrogen) atoms. The van der Waals surface area contributed by atoms with Crippen molar-refractivity contribution in [1.29, 1.82) is 0 Å². The minimum absolute atomic E-state index is 0.137. The fourth-order valence-corrected chi connectivity index (χ4v) is 4.02. The molecule has 0 bridgehead atoms. The van der Waals surface area contributed by atoms with Gasteiger partial charge in [-0.3, -0.25) is 4.79 Å². The third kappa shape index (κ3) is 5.47. The summed E-state index contributed by atoms with van der Waals surface area (Å²) in [5.41, 5.74) is 2.01. The van der Waals surface area contributed by atoms with E-state index >= 15 is 0 Å². The highest BCUT2D eigenvalue weighted by atomic mass is 19.1. The highest BCUT2D eigenvalue weighted by molar-refractivity contribution is 5.81. The lowest BCUT2D eigenvalue weighted by Crippen LogP contribution is -2.22. The van der Waals surface area contributed by atoms with Crippen LogP contribution in [0.4, 0.5) is 4.39 Å². The van der Waals surface area contributed by atoms with Crippen LogP contribution in [-0.2, 0) is 19.7 Å². The standard InChI is InChI=1S/C27H24FN5O5/c1-17-27(36)24(34)8-10-32(17)11-9-29-14-18-12-26(35)38-25-13-22(6-7-23(18)25)37-16-20-15-33(31-30-20)21-4-2-19(28)3-5-21/h2-8,10,12-13,15,29,36H,9,11,14,16H2,1H3. The van der Waals surface area contributed by atoms with E-state index in [1.54, 1.807) is 48.1 Å². The molecule has 0 aliphatic rings. The van der Waals surface area contributed by atoms with E-state index < -0.39 is 11.1 Å². The van der Waals surface area contributed by atoms with Gasteiger partial charge in [-0.1, -0.05) is 5.21 Å². The molecular formula is C27H24FN5O5.